The minimum atomic E-state index is -0.553. The molecule has 0 aromatic heterocycles. The summed E-state index contributed by atoms with van der Waals surface area (Å²) in [5.41, 5.74) is 10.9. The predicted molar refractivity (Wildman–Crippen MR) is 81.2 cm³/mol. The molecule has 102 valence electrons. The number of anilines is 3. The van der Waals surface area contributed by atoms with Gasteiger partial charge in [-0.05, 0) is 30.7 Å². The molecule has 0 fully saturated rings. The van der Waals surface area contributed by atoms with Gasteiger partial charge in [0, 0.05) is 29.7 Å². The average molecular weight is 267 g/mol. The Morgan fingerprint density at radius 2 is 1.95 bits per heavy atom. The summed E-state index contributed by atoms with van der Waals surface area (Å²) >= 11 is 0. The highest BCUT2D eigenvalue weighted by molar-refractivity contribution is 6.03. The van der Waals surface area contributed by atoms with Crippen LogP contribution in [0.5, 0.6) is 0 Å². The molecule has 4 nitrogen and oxygen atoms in total. The lowest BCUT2D eigenvalue weighted by Gasteiger charge is -2.22. The molecule has 3 rings (SSSR count). The molecule has 1 amide bonds. The van der Waals surface area contributed by atoms with E-state index in [4.69, 9.17) is 5.73 Å². The second kappa shape index (κ2) is 4.65. The van der Waals surface area contributed by atoms with Gasteiger partial charge < -0.3 is 16.0 Å². The molecule has 0 aliphatic carbocycles. The molecule has 2 aromatic carbocycles. The van der Waals surface area contributed by atoms with Crippen LogP contribution in [0.4, 0.5) is 17.1 Å². The van der Waals surface area contributed by atoms with Gasteiger partial charge in [0.25, 0.3) is 0 Å². The van der Waals surface area contributed by atoms with Gasteiger partial charge in [-0.1, -0.05) is 24.3 Å². The van der Waals surface area contributed by atoms with E-state index in [9.17, 15) is 4.79 Å². The molecule has 0 spiro atoms. The van der Waals surface area contributed by atoms with E-state index in [1.54, 1.807) is 0 Å². The van der Waals surface area contributed by atoms with E-state index in [2.05, 4.69) is 29.3 Å². The highest BCUT2D eigenvalue weighted by Gasteiger charge is 2.27. The molecular weight excluding hydrogens is 250 g/mol. The Kier molecular flexibility index (Phi) is 2.95. The van der Waals surface area contributed by atoms with Crippen molar-refractivity contribution in [2.45, 2.75) is 13.0 Å². The number of fused-ring (bicyclic) bond motifs is 1. The number of hydrogen-bond acceptors (Lipinski definition) is 3. The minimum absolute atomic E-state index is 0.143. The van der Waals surface area contributed by atoms with Crippen LogP contribution in [0.2, 0.25) is 0 Å². The van der Waals surface area contributed by atoms with E-state index in [1.165, 1.54) is 5.56 Å². The van der Waals surface area contributed by atoms with Crippen molar-refractivity contribution in [1.29, 1.82) is 0 Å². The van der Waals surface area contributed by atoms with E-state index < -0.39 is 6.04 Å². The third kappa shape index (κ3) is 1.94. The smallest absolute Gasteiger partial charge is 0.245 e. The number of aryl methyl sites for hydroxylation is 1. The van der Waals surface area contributed by atoms with Crippen molar-refractivity contribution in [1.82, 2.24) is 0 Å². The molecule has 2 aromatic rings. The topological polar surface area (TPSA) is 58.4 Å². The number of carbonyl (C=O) groups excluding carboxylic acids is 1. The fourth-order valence-electron chi connectivity index (χ4n) is 2.56. The number of benzene rings is 2. The first-order chi connectivity index (χ1) is 9.58. The van der Waals surface area contributed by atoms with Crippen LogP contribution >= 0.6 is 0 Å². The highest BCUT2D eigenvalue weighted by Crippen LogP contribution is 2.35. The summed E-state index contributed by atoms with van der Waals surface area (Å²) in [5.74, 6) is -0.143. The van der Waals surface area contributed by atoms with Gasteiger partial charge in [-0.2, -0.15) is 0 Å². The number of carbonyl (C=O) groups is 1. The Morgan fingerprint density at radius 1 is 1.20 bits per heavy atom. The van der Waals surface area contributed by atoms with Crippen LogP contribution in [0.3, 0.4) is 0 Å². The fourth-order valence-corrected chi connectivity index (χ4v) is 2.56. The van der Waals surface area contributed by atoms with Crippen LogP contribution in [0.1, 0.15) is 17.2 Å². The zero-order valence-corrected chi connectivity index (χ0v) is 11.6. The van der Waals surface area contributed by atoms with Gasteiger partial charge in [-0.25, -0.2) is 0 Å². The fraction of sp³-hybridized carbons (Fsp3) is 0.188. The lowest BCUT2D eigenvalue weighted by Crippen LogP contribution is -2.19. The molecule has 0 radical (unpaired) electrons. The molecule has 1 heterocycles. The summed E-state index contributed by atoms with van der Waals surface area (Å²) < 4.78 is 0. The van der Waals surface area contributed by atoms with Gasteiger partial charge in [0.05, 0.1) is 0 Å². The van der Waals surface area contributed by atoms with E-state index in [-0.39, 0.29) is 5.91 Å². The molecule has 1 unspecified atom stereocenters. The molecule has 3 N–H and O–H groups in total. The van der Waals surface area contributed by atoms with Gasteiger partial charge in [0.1, 0.15) is 6.04 Å². The first-order valence-corrected chi connectivity index (χ1v) is 6.57. The number of amides is 1. The highest BCUT2D eigenvalue weighted by atomic mass is 16.2. The van der Waals surface area contributed by atoms with Crippen LogP contribution < -0.4 is 16.0 Å². The van der Waals surface area contributed by atoms with Gasteiger partial charge in [0.15, 0.2) is 0 Å². The number of para-hydroxylation sites is 1. The maximum atomic E-state index is 11.6. The Bertz CT molecular complexity index is 681. The third-order valence-corrected chi connectivity index (χ3v) is 3.78. The monoisotopic (exact) mass is 267 g/mol. The molecule has 1 aliphatic rings. The van der Waals surface area contributed by atoms with E-state index in [0.717, 1.165) is 22.6 Å². The van der Waals surface area contributed by atoms with Crippen molar-refractivity contribution < 1.29 is 4.79 Å². The average Bonchev–Trinajstić information content (AvgIpc) is 2.73. The summed E-state index contributed by atoms with van der Waals surface area (Å²) in [4.78, 5) is 13.7. The summed E-state index contributed by atoms with van der Waals surface area (Å²) in [6, 6.07) is 13.5. The zero-order valence-electron chi connectivity index (χ0n) is 11.6. The maximum Gasteiger partial charge on any atom is 0.245 e. The van der Waals surface area contributed by atoms with Crippen LogP contribution in [-0.2, 0) is 4.79 Å². The largest absolute Gasteiger partial charge is 0.344 e. The van der Waals surface area contributed by atoms with Crippen LogP contribution in [0, 0.1) is 6.92 Å². The quantitative estimate of drug-likeness (QED) is 0.879. The molecule has 0 saturated carbocycles. The summed E-state index contributed by atoms with van der Waals surface area (Å²) in [7, 11) is 2.01. The Balaban J connectivity index is 1.99. The Labute approximate surface area is 118 Å². The third-order valence-electron chi connectivity index (χ3n) is 3.78. The predicted octanol–water partition coefficient (Wildman–Crippen LogP) is 2.71. The lowest BCUT2D eigenvalue weighted by molar-refractivity contribution is -0.116. The van der Waals surface area contributed by atoms with Crippen molar-refractivity contribution in [2.75, 3.05) is 17.3 Å². The molecule has 0 bridgehead atoms. The van der Waals surface area contributed by atoms with Crippen molar-refractivity contribution in [3.63, 3.8) is 0 Å². The first-order valence-electron chi connectivity index (χ1n) is 6.57. The Hall–Kier alpha value is -2.33. The second-order valence-electron chi connectivity index (χ2n) is 5.08. The molecule has 1 aliphatic heterocycles. The van der Waals surface area contributed by atoms with Gasteiger partial charge in [-0.15, -0.1) is 0 Å². The molecule has 0 saturated heterocycles. The number of rotatable bonds is 2. The molecule has 1 atom stereocenters. The lowest BCUT2D eigenvalue weighted by atomic mass is 10.1. The van der Waals surface area contributed by atoms with Crippen LogP contribution in [0.15, 0.2) is 42.5 Å². The number of hydrogen-bond donors (Lipinski definition) is 2. The minimum Gasteiger partial charge on any atom is -0.344 e. The van der Waals surface area contributed by atoms with E-state index >= 15 is 0 Å². The zero-order chi connectivity index (χ0) is 14.3. The van der Waals surface area contributed by atoms with Gasteiger partial charge in [0.2, 0.25) is 5.91 Å². The molecule has 20 heavy (non-hydrogen) atoms. The number of nitrogens with two attached hydrogens (primary N) is 1. The normalized spacial score (nSPS) is 16.8. The second-order valence-corrected chi connectivity index (χ2v) is 5.08. The van der Waals surface area contributed by atoms with Crippen molar-refractivity contribution in [2.24, 2.45) is 5.73 Å². The van der Waals surface area contributed by atoms with E-state index in [0.29, 0.717) is 0 Å². The number of nitrogens with one attached hydrogen (secondary N) is 1. The van der Waals surface area contributed by atoms with Crippen LogP contribution in [0.25, 0.3) is 0 Å². The SMILES string of the molecule is Cc1ccccc1N(C)c1ccc2c(c1)NC(=O)C2N. The first kappa shape index (κ1) is 12.7. The molecular formula is C16H17N3O. The van der Waals surface area contributed by atoms with Crippen molar-refractivity contribution >= 4 is 23.0 Å². The summed E-state index contributed by atoms with van der Waals surface area (Å²) in [6.45, 7) is 2.08. The Morgan fingerprint density at radius 3 is 2.70 bits per heavy atom. The molecule has 4 heteroatoms. The van der Waals surface area contributed by atoms with Gasteiger partial charge >= 0.3 is 0 Å². The number of nitrogens with zero attached hydrogens (tertiary/aromatic N) is 1. The summed E-state index contributed by atoms with van der Waals surface area (Å²) in [5, 5.41) is 2.82. The van der Waals surface area contributed by atoms with Gasteiger partial charge in [-0.3, -0.25) is 4.79 Å². The maximum absolute atomic E-state index is 11.6. The van der Waals surface area contributed by atoms with Crippen molar-refractivity contribution in [3.05, 3.63) is 53.6 Å². The van der Waals surface area contributed by atoms with Crippen molar-refractivity contribution in [3.8, 4) is 0 Å². The standard InChI is InChI=1S/C16H17N3O/c1-10-5-3-4-6-14(10)19(2)11-7-8-12-13(9-11)18-16(20)15(12)17/h3-9,15H,17H2,1-2H3,(H,18,20). The summed E-state index contributed by atoms with van der Waals surface area (Å²) in [6.07, 6.45) is 0. The van der Waals surface area contributed by atoms with Crippen LogP contribution in [-0.4, -0.2) is 13.0 Å². The van der Waals surface area contributed by atoms with E-state index in [1.807, 2.05) is 37.4 Å².